The van der Waals surface area contributed by atoms with E-state index in [1.54, 1.807) is 0 Å². The fourth-order valence-electron chi connectivity index (χ4n) is 2.30. The summed E-state index contributed by atoms with van der Waals surface area (Å²) >= 11 is 0. The molecule has 1 fully saturated rings. The second-order valence-corrected chi connectivity index (χ2v) is 5.61. The van der Waals surface area contributed by atoms with Crippen LogP contribution in [0.1, 0.15) is 18.9 Å². The number of rotatable bonds is 5. The minimum absolute atomic E-state index is 0.125. The van der Waals surface area contributed by atoms with E-state index in [0.29, 0.717) is 12.5 Å². The van der Waals surface area contributed by atoms with Crippen molar-refractivity contribution in [3.63, 3.8) is 0 Å². The molecule has 2 atom stereocenters. The Morgan fingerprint density at radius 2 is 1.81 bits per heavy atom. The monoisotopic (exact) mass is 281 g/mol. The van der Waals surface area contributed by atoms with Gasteiger partial charge >= 0.3 is 0 Å². The summed E-state index contributed by atoms with van der Waals surface area (Å²) in [6.45, 7) is 2.65. The molecular weight excluding hydrogens is 262 g/mol. The number of anilines is 1. The van der Waals surface area contributed by atoms with Gasteiger partial charge in [0.2, 0.25) is 5.91 Å². The van der Waals surface area contributed by atoms with E-state index < -0.39 is 0 Å². The Hall–Kier alpha value is -2.29. The molecule has 2 unspecified atom stereocenters. The molecule has 0 aliphatic heterocycles. The molecule has 1 amide bonds. The molecule has 3 nitrogen and oxygen atoms in total. The van der Waals surface area contributed by atoms with Crippen LogP contribution < -0.4 is 10.1 Å². The van der Waals surface area contributed by atoms with Crippen molar-refractivity contribution in [2.75, 3.05) is 5.32 Å². The Kier molecular flexibility index (Phi) is 3.91. The zero-order valence-electron chi connectivity index (χ0n) is 12.1. The lowest BCUT2D eigenvalue weighted by Gasteiger charge is -2.08. The molecule has 0 bridgehead atoms. The third-order valence-electron chi connectivity index (χ3n) is 3.82. The second kappa shape index (κ2) is 6.00. The molecule has 1 saturated carbocycles. The smallest absolute Gasteiger partial charge is 0.227 e. The van der Waals surface area contributed by atoms with E-state index in [1.807, 2.05) is 54.6 Å². The van der Waals surface area contributed by atoms with Crippen molar-refractivity contribution >= 4 is 11.6 Å². The molecule has 2 aromatic rings. The van der Waals surface area contributed by atoms with Crippen molar-refractivity contribution in [2.45, 2.75) is 20.0 Å². The lowest BCUT2D eigenvalue weighted by atomic mass is 10.2. The van der Waals surface area contributed by atoms with Gasteiger partial charge in [-0.15, -0.1) is 0 Å². The van der Waals surface area contributed by atoms with Crippen molar-refractivity contribution in [3.8, 4) is 5.75 Å². The fourth-order valence-corrected chi connectivity index (χ4v) is 2.30. The van der Waals surface area contributed by atoms with E-state index >= 15 is 0 Å². The third kappa shape index (κ3) is 3.63. The molecule has 108 valence electrons. The van der Waals surface area contributed by atoms with E-state index in [-0.39, 0.29) is 11.8 Å². The zero-order valence-corrected chi connectivity index (χ0v) is 12.1. The maximum Gasteiger partial charge on any atom is 0.227 e. The maximum absolute atomic E-state index is 11.8. The van der Waals surface area contributed by atoms with Crippen LogP contribution in [0.2, 0.25) is 0 Å². The Morgan fingerprint density at radius 1 is 1.14 bits per heavy atom. The minimum Gasteiger partial charge on any atom is -0.489 e. The number of benzene rings is 2. The second-order valence-electron chi connectivity index (χ2n) is 5.61. The molecule has 0 saturated heterocycles. The average molecular weight is 281 g/mol. The molecule has 0 heterocycles. The predicted molar refractivity (Wildman–Crippen MR) is 83.1 cm³/mol. The van der Waals surface area contributed by atoms with E-state index in [9.17, 15) is 4.79 Å². The van der Waals surface area contributed by atoms with Crippen molar-refractivity contribution in [2.24, 2.45) is 11.8 Å². The summed E-state index contributed by atoms with van der Waals surface area (Å²) in [5.74, 6) is 1.65. The van der Waals surface area contributed by atoms with Gasteiger partial charge in [-0.25, -0.2) is 0 Å². The van der Waals surface area contributed by atoms with Gasteiger partial charge in [0.25, 0.3) is 0 Å². The van der Waals surface area contributed by atoms with E-state index in [4.69, 9.17) is 4.74 Å². The summed E-state index contributed by atoms with van der Waals surface area (Å²) in [7, 11) is 0. The van der Waals surface area contributed by atoms with Crippen LogP contribution in [0.3, 0.4) is 0 Å². The standard InChI is InChI=1S/C18H19NO2/c1-13-11-17(13)18(20)19-15-7-9-16(10-8-15)21-12-14-5-3-2-4-6-14/h2-10,13,17H,11-12H2,1H3,(H,19,20). The molecule has 3 rings (SSSR count). The number of nitrogens with one attached hydrogen (secondary N) is 1. The van der Waals surface area contributed by atoms with Crippen molar-refractivity contribution in [3.05, 3.63) is 60.2 Å². The lowest BCUT2D eigenvalue weighted by Crippen LogP contribution is -2.14. The molecule has 0 spiro atoms. The van der Waals surface area contributed by atoms with Crippen molar-refractivity contribution in [1.82, 2.24) is 0 Å². The molecule has 0 radical (unpaired) electrons. The van der Waals surface area contributed by atoms with Crippen LogP contribution in [-0.2, 0) is 11.4 Å². The number of carbonyl (C=O) groups excluding carboxylic acids is 1. The topological polar surface area (TPSA) is 38.3 Å². The summed E-state index contributed by atoms with van der Waals surface area (Å²) < 4.78 is 5.72. The van der Waals surface area contributed by atoms with Gasteiger partial charge in [0, 0.05) is 11.6 Å². The van der Waals surface area contributed by atoms with Crippen LogP contribution >= 0.6 is 0 Å². The number of hydrogen-bond donors (Lipinski definition) is 1. The Balaban J connectivity index is 1.53. The summed E-state index contributed by atoms with van der Waals surface area (Å²) in [4.78, 5) is 11.8. The Bertz CT molecular complexity index is 607. The van der Waals surface area contributed by atoms with Crippen LogP contribution in [0.15, 0.2) is 54.6 Å². The normalized spacial score (nSPS) is 19.9. The highest BCUT2D eigenvalue weighted by atomic mass is 16.5. The van der Waals surface area contributed by atoms with Crippen LogP contribution in [0, 0.1) is 11.8 Å². The third-order valence-corrected chi connectivity index (χ3v) is 3.82. The minimum atomic E-state index is 0.125. The largest absolute Gasteiger partial charge is 0.489 e. The van der Waals surface area contributed by atoms with Gasteiger partial charge < -0.3 is 10.1 Å². The van der Waals surface area contributed by atoms with Crippen LogP contribution in [0.25, 0.3) is 0 Å². The average Bonchev–Trinajstić information content (AvgIpc) is 3.25. The number of carbonyl (C=O) groups is 1. The fraction of sp³-hybridized carbons (Fsp3) is 0.278. The maximum atomic E-state index is 11.8. The first-order valence-electron chi connectivity index (χ1n) is 7.30. The van der Waals surface area contributed by atoms with Gasteiger partial charge in [-0.2, -0.15) is 0 Å². The first-order chi connectivity index (χ1) is 10.2. The molecule has 21 heavy (non-hydrogen) atoms. The lowest BCUT2D eigenvalue weighted by molar-refractivity contribution is -0.117. The molecule has 1 aliphatic rings. The first kappa shape index (κ1) is 13.7. The summed E-state index contributed by atoms with van der Waals surface area (Å²) in [6, 6.07) is 17.6. The van der Waals surface area contributed by atoms with Gasteiger partial charge in [-0.05, 0) is 42.2 Å². The van der Waals surface area contributed by atoms with Gasteiger partial charge in [-0.3, -0.25) is 4.79 Å². The van der Waals surface area contributed by atoms with Crippen molar-refractivity contribution < 1.29 is 9.53 Å². The van der Waals surface area contributed by atoms with E-state index in [2.05, 4.69) is 12.2 Å². The molecular formula is C18H19NO2. The highest BCUT2D eigenvalue weighted by Crippen LogP contribution is 2.38. The van der Waals surface area contributed by atoms with Gasteiger partial charge in [0.05, 0.1) is 0 Å². The van der Waals surface area contributed by atoms with E-state index in [0.717, 1.165) is 23.4 Å². The molecule has 2 aromatic carbocycles. The number of hydrogen-bond acceptors (Lipinski definition) is 2. The molecule has 3 heteroatoms. The zero-order chi connectivity index (χ0) is 14.7. The van der Waals surface area contributed by atoms with Gasteiger partial charge in [0.1, 0.15) is 12.4 Å². The van der Waals surface area contributed by atoms with Crippen molar-refractivity contribution in [1.29, 1.82) is 0 Å². The number of ether oxygens (including phenoxy) is 1. The molecule has 1 N–H and O–H groups in total. The van der Waals surface area contributed by atoms with E-state index in [1.165, 1.54) is 0 Å². The predicted octanol–water partition coefficient (Wildman–Crippen LogP) is 3.86. The highest BCUT2D eigenvalue weighted by molar-refractivity contribution is 5.94. The van der Waals surface area contributed by atoms with Crippen LogP contribution in [0.4, 0.5) is 5.69 Å². The molecule has 0 aromatic heterocycles. The highest BCUT2D eigenvalue weighted by Gasteiger charge is 2.38. The SMILES string of the molecule is CC1CC1C(=O)Nc1ccc(OCc2ccccc2)cc1. The van der Waals surface area contributed by atoms with Gasteiger partial charge in [-0.1, -0.05) is 37.3 Å². The van der Waals surface area contributed by atoms with Crippen LogP contribution in [0.5, 0.6) is 5.75 Å². The first-order valence-corrected chi connectivity index (χ1v) is 7.30. The Labute approximate surface area is 124 Å². The summed E-state index contributed by atoms with van der Waals surface area (Å²) in [6.07, 6.45) is 1.00. The number of amides is 1. The Morgan fingerprint density at radius 3 is 2.43 bits per heavy atom. The van der Waals surface area contributed by atoms with Gasteiger partial charge in [0.15, 0.2) is 0 Å². The summed E-state index contributed by atoms with van der Waals surface area (Å²) in [5.41, 5.74) is 1.96. The van der Waals surface area contributed by atoms with Crippen LogP contribution in [-0.4, -0.2) is 5.91 Å². The quantitative estimate of drug-likeness (QED) is 0.903. The summed E-state index contributed by atoms with van der Waals surface area (Å²) in [5, 5.41) is 2.94. The molecule has 1 aliphatic carbocycles.